The number of aryl methyl sites for hydroxylation is 1. The Balaban J connectivity index is 1.68. The molecule has 2 aromatic carbocycles. The molecular weight excluding hydrogens is 346 g/mol. The average molecular weight is 371 g/mol. The predicted octanol–water partition coefficient (Wildman–Crippen LogP) is 5.14. The fraction of sp³-hybridized carbons (Fsp3) is 0.250. The van der Waals surface area contributed by atoms with Crippen molar-refractivity contribution in [1.82, 2.24) is 4.98 Å². The molecule has 1 unspecified atom stereocenters. The fourth-order valence-corrected chi connectivity index (χ4v) is 4.02. The smallest absolute Gasteiger partial charge is 0.260 e. The first-order valence-corrected chi connectivity index (χ1v) is 9.79. The summed E-state index contributed by atoms with van der Waals surface area (Å²) < 4.78 is 0. The summed E-state index contributed by atoms with van der Waals surface area (Å²) >= 11 is 0. The Morgan fingerprint density at radius 3 is 2.71 bits per heavy atom. The van der Waals surface area contributed by atoms with Crippen LogP contribution in [0.5, 0.6) is 0 Å². The molecule has 3 aromatic rings. The minimum atomic E-state index is 0.00657. The molecule has 0 saturated heterocycles. The molecule has 0 fully saturated rings. The highest BCUT2D eigenvalue weighted by Crippen LogP contribution is 2.34. The molecule has 0 spiro atoms. The lowest BCUT2D eigenvalue weighted by Gasteiger charge is -2.25. The third-order valence-corrected chi connectivity index (χ3v) is 5.34. The Hall–Kier alpha value is -3.14. The molecule has 4 heteroatoms. The van der Waals surface area contributed by atoms with Gasteiger partial charge in [-0.1, -0.05) is 30.3 Å². The van der Waals surface area contributed by atoms with E-state index in [1.165, 1.54) is 11.1 Å². The van der Waals surface area contributed by atoms with E-state index in [-0.39, 0.29) is 11.9 Å². The van der Waals surface area contributed by atoms with Gasteiger partial charge in [-0.3, -0.25) is 9.78 Å². The fourth-order valence-electron chi connectivity index (χ4n) is 4.02. The van der Waals surface area contributed by atoms with Crippen LogP contribution in [0.15, 0.2) is 67.0 Å². The molecule has 4 rings (SSSR count). The van der Waals surface area contributed by atoms with Gasteiger partial charge >= 0.3 is 0 Å². The van der Waals surface area contributed by atoms with Gasteiger partial charge in [-0.15, -0.1) is 0 Å². The third kappa shape index (κ3) is 3.26. The van der Waals surface area contributed by atoms with Crippen LogP contribution in [-0.4, -0.2) is 23.5 Å². The summed E-state index contributed by atoms with van der Waals surface area (Å²) in [6, 6.07) is 18.6. The Labute approximate surface area is 166 Å². The zero-order valence-electron chi connectivity index (χ0n) is 16.6. The molecule has 0 radical (unpaired) electrons. The van der Waals surface area contributed by atoms with Gasteiger partial charge in [-0.25, -0.2) is 0 Å². The highest BCUT2D eigenvalue weighted by Gasteiger charge is 2.31. The summed E-state index contributed by atoms with van der Waals surface area (Å²) in [4.78, 5) is 21.8. The largest absolute Gasteiger partial charge is 0.340 e. The number of benzene rings is 2. The lowest BCUT2D eigenvalue weighted by Crippen LogP contribution is -2.35. The van der Waals surface area contributed by atoms with Crippen molar-refractivity contribution in [1.29, 1.82) is 0 Å². The molecule has 0 saturated carbocycles. The molecule has 4 nitrogen and oxygen atoms in total. The predicted molar refractivity (Wildman–Crippen MR) is 115 cm³/mol. The van der Waals surface area contributed by atoms with Crippen LogP contribution in [0.3, 0.4) is 0 Å². The van der Waals surface area contributed by atoms with Crippen LogP contribution in [-0.2, 0) is 6.42 Å². The SMILES string of the molecule is CCN(c1cccc(C)c1)c1cncc(C(=O)N2c3ccccc3CC2C)c1. The van der Waals surface area contributed by atoms with Crippen molar-refractivity contribution >= 4 is 23.0 Å². The number of carbonyl (C=O) groups excluding carboxylic acids is 1. The van der Waals surface area contributed by atoms with E-state index in [2.05, 4.69) is 61.0 Å². The van der Waals surface area contributed by atoms with Crippen LogP contribution in [0, 0.1) is 6.92 Å². The van der Waals surface area contributed by atoms with Crippen LogP contribution < -0.4 is 9.80 Å². The summed E-state index contributed by atoms with van der Waals surface area (Å²) in [5, 5.41) is 0. The van der Waals surface area contributed by atoms with Crippen molar-refractivity contribution < 1.29 is 4.79 Å². The topological polar surface area (TPSA) is 36.4 Å². The first kappa shape index (κ1) is 18.2. The van der Waals surface area contributed by atoms with Gasteiger partial charge in [0.05, 0.1) is 17.4 Å². The van der Waals surface area contributed by atoms with Gasteiger partial charge in [0.2, 0.25) is 0 Å². The molecule has 0 aliphatic carbocycles. The highest BCUT2D eigenvalue weighted by molar-refractivity contribution is 6.08. The second-order valence-electron chi connectivity index (χ2n) is 7.37. The second kappa shape index (κ2) is 7.47. The molecule has 1 atom stereocenters. The number of pyridine rings is 1. The summed E-state index contributed by atoms with van der Waals surface area (Å²) in [6.45, 7) is 7.09. The summed E-state index contributed by atoms with van der Waals surface area (Å²) in [7, 11) is 0. The van der Waals surface area contributed by atoms with E-state index < -0.39 is 0 Å². The Morgan fingerprint density at radius 2 is 1.93 bits per heavy atom. The van der Waals surface area contributed by atoms with Gasteiger partial charge in [0.25, 0.3) is 5.91 Å². The molecule has 142 valence electrons. The molecule has 2 heterocycles. The van der Waals surface area contributed by atoms with E-state index in [0.29, 0.717) is 5.56 Å². The zero-order valence-corrected chi connectivity index (χ0v) is 16.6. The second-order valence-corrected chi connectivity index (χ2v) is 7.37. The number of amides is 1. The number of nitrogens with zero attached hydrogens (tertiary/aromatic N) is 3. The molecular formula is C24H25N3O. The van der Waals surface area contributed by atoms with Crippen molar-refractivity contribution in [2.24, 2.45) is 0 Å². The molecule has 28 heavy (non-hydrogen) atoms. The Kier molecular flexibility index (Phi) is 4.86. The maximum absolute atomic E-state index is 13.3. The summed E-state index contributed by atoms with van der Waals surface area (Å²) in [5.74, 6) is 0.00657. The standard InChI is InChI=1S/C24H25N3O/c1-4-26(21-10-7-8-17(2)12-21)22-14-20(15-25-16-22)24(28)27-18(3)13-19-9-5-6-11-23(19)27/h5-12,14-16,18H,4,13H2,1-3H3. The third-order valence-electron chi connectivity index (χ3n) is 5.34. The van der Waals surface area contributed by atoms with E-state index in [9.17, 15) is 4.79 Å². The van der Waals surface area contributed by atoms with E-state index in [1.807, 2.05) is 35.4 Å². The number of aromatic nitrogens is 1. The Morgan fingerprint density at radius 1 is 1.11 bits per heavy atom. The van der Waals surface area contributed by atoms with Gasteiger partial charge in [0.15, 0.2) is 0 Å². The van der Waals surface area contributed by atoms with E-state index in [1.54, 1.807) is 6.20 Å². The van der Waals surface area contributed by atoms with E-state index in [4.69, 9.17) is 0 Å². The normalized spacial score (nSPS) is 15.4. The summed E-state index contributed by atoms with van der Waals surface area (Å²) in [6.07, 6.45) is 4.38. The lowest BCUT2D eigenvalue weighted by molar-refractivity contribution is 0.0981. The number of hydrogen-bond donors (Lipinski definition) is 0. The highest BCUT2D eigenvalue weighted by atomic mass is 16.2. The maximum atomic E-state index is 13.3. The first-order valence-electron chi connectivity index (χ1n) is 9.79. The molecule has 0 N–H and O–H groups in total. The molecule has 0 bridgehead atoms. The molecule has 1 aromatic heterocycles. The quantitative estimate of drug-likeness (QED) is 0.637. The van der Waals surface area contributed by atoms with Crippen LogP contribution in [0.4, 0.5) is 17.1 Å². The average Bonchev–Trinajstić information content (AvgIpc) is 3.04. The van der Waals surface area contributed by atoms with Crippen molar-refractivity contribution in [3.63, 3.8) is 0 Å². The molecule has 1 aliphatic rings. The first-order chi connectivity index (χ1) is 13.6. The van der Waals surface area contributed by atoms with Gasteiger partial charge in [0.1, 0.15) is 0 Å². The molecule has 1 amide bonds. The maximum Gasteiger partial charge on any atom is 0.260 e. The zero-order chi connectivity index (χ0) is 19.7. The van der Waals surface area contributed by atoms with Gasteiger partial charge in [-0.05, 0) is 62.6 Å². The van der Waals surface area contributed by atoms with Gasteiger partial charge in [0, 0.05) is 30.2 Å². The number of hydrogen-bond acceptors (Lipinski definition) is 3. The minimum absolute atomic E-state index is 0.00657. The van der Waals surface area contributed by atoms with Crippen molar-refractivity contribution in [2.75, 3.05) is 16.3 Å². The van der Waals surface area contributed by atoms with E-state index >= 15 is 0 Å². The van der Waals surface area contributed by atoms with Crippen LogP contribution in [0.25, 0.3) is 0 Å². The number of rotatable bonds is 4. The Bertz CT molecular complexity index is 1010. The summed E-state index contributed by atoms with van der Waals surface area (Å²) in [5.41, 5.74) is 6.09. The van der Waals surface area contributed by atoms with Crippen molar-refractivity contribution in [3.8, 4) is 0 Å². The number of carbonyl (C=O) groups is 1. The monoisotopic (exact) mass is 371 g/mol. The van der Waals surface area contributed by atoms with Crippen LogP contribution in [0.2, 0.25) is 0 Å². The van der Waals surface area contributed by atoms with Gasteiger partial charge < -0.3 is 9.80 Å². The number of para-hydroxylation sites is 1. The molecule has 1 aliphatic heterocycles. The van der Waals surface area contributed by atoms with E-state index in [0.717, 1.165) is 30.0 Å². The van der Waals surface area contributed by atoms with Crippen LogP contribution >= 0.6 is 0 Å². The van der Waals surface area contributed by atoms with Crippen LogP contribution in [0.1, 0.15) is 35.3 Å². The van der Waals surface area contributed by atoms with Crippen molar-refractivity contribution in [2.45, 2.75) is 33.2 Å². The minimum Gasteiger partial charge on any atom is -0.340 e. The van der Waals surface area contributed by atoms with Crippen molar-refractivity contribution in [3.05, 3.63) is 83.7 Å². The number of fused-ring (bicyclic) bond motifs is 1. The number of anilines is 3. The lowest BCUT2D eigenvalue weighted by atomic mass is 10.1. The van der Waals surface area contributed by atoms with Gasteiger partial charge in [-0.2, -0.15) is 0 Å².